The van der Waals surface area contributed by atoms with Gasteiger partial charge in [-0.3, -0.25) is 10.1 Å². The Morgan fingerprint density at radius 1 is 1.00 bits per heavy atom. The third-order valence-electron chi connectivity index (χ3n) is 4.65. The van der Waals surface area contributed by atoms with E-state index in [0.717, 1.165) is 6.33 Å². The third kappa shape index (κ3) is 5.50. The van der Waals surface area contributed by atoms with Gasteiger partial charge in [-0.2, -0.15) is 4.31 Å². The van der Waals surface area contributed by atoms with Gasteiger partial charge in [0.25, 0.3) is 0 Å². The van der Waals surface area contributed by atoms with Crippen LogP contribution in [0.1, 0.15) is 13.8 Å². The maximum atomic E-state index is 12.6. The minimum atomic E-state index is -3.62. The number of benzene rings is 2. The van der Waals surface area contributed by atoms with E-state index in [9.17, 15) is 18.5 Å². The second-order valence-corrected chi connectivity index (χ2v) is 9.45. The lowest BCUT2D eigenvalue weighted by Gasteiger charge is -2.18. The van der Waals surface area contributed by atoms with Gasteiger partial charge in [0, 0.05) is 23.8 Å². The Kier molecular flexibility index (Phi) is 7.69. The van der Waals surface area contributed by atoms with Crippen LogP contribution < -0.4 is 10.6 Å². The molecule has 1 aromatic heterocycles. The average Bonchev–Trinajstić information content (AvgIpc) is 2.77. The molecule has 2 N–H and O–H groups in total. The fourth-order valence-electron chi connectivity index (χ4n) is 3.02. The summed E-state index contributed by atoms with van der Waals surface area (Å²) >= 11 is 12.1. The second kappa shape index (κ2) is 10.3. The van der Waals surface area contributed by atoms with Crippen LogP contribution in [-0.2, 0) is 10.0 Å². The smallest absolute Gasteiger partial charge is 0.334 e. The highest BCUT2D eigenvalue weighted by Crippen LogP contribution is 2.35. The normalized spacial score (nSPS) is 11.4. The Hall–Kier alpha value is -2.99. The Morgan fingerprint density at radius 3 is 2.18 bits per heavy atom. The van der Waals surface area contributed by atoms with Crippen LogP contribution in [0.25, 0.3) is 0 Å². The van der Waals surface area contributed by atoms with E-state index in [4.69, 9.17) is 23.2 Å². The molecule has 0 atom stereocenters. The molecular formula is C20H20Cl2N6O4S. The third-order valence-corrected chi connectivity index (χ3v) is 7.28. The van der Waals surface area contributed by atoms with Crippen molar-refractivity contribution >= 4 is 61.9 Å². The molecule has 0 aliphatic rings. The summed E-state index contributed by atoms with van der Waals surface area (Å²) in [5.74, 6) is -0.183. The van der Waals surface area contributed by atoms with E-state index in [1.165, 1.54) is 34.6 Å². The summed E-state index contributed by atoms with van der Waals surface area (Å²) in [5, 5.41) is 18.1. The number of nitrogens with one attached hydrogen (secondary N) is 2. The van der Waals surface area contributed by atoms with Crippen molar-refractivity contribution < 1.29 is 13.3 Å². The number of nitrogens with zero attached hydrogens (tertiary/aromatic N) is 4. The van der Waals surface area contributed by atoms with E-state index in [0.29, 0.717) is 34.5 Å². The van der Waals surface area contributed by atoms with Crippen molar-refractivity contribution in [3.05, 3.63) is 69.0 Å². The maximum absolute atomic E-state index is 12.6. The maximum Gasteiger partial charge on any atom is 0.353 e. The highest BCUT2D eigenvalue weighted by Gasteiger charge is 2.25. The molecule has 3 aromatic rings. The van der Waals surface area contributed by atoms with Gasteiger partial charge in [0.05, 0.1) is 20.5 Å². The summed E-state index contributed by atoms with van der Waals surface area (Å²) in [6.07, 6.45) is 1.15. The zero-order valence-corrected chi connectivity index (χ0v) is 19.9. The first-order valence-corrected chi connectivity index (χ1v) is 12.0. The average molecular weight is 511 g/mol. The lowest BCUT2D eigenvalue weighted by molar-refractivity contribution is -0.383. The van der Waals surface area contributed by atoms with Crippen molar-refractivity contribution in [2.75, 3.05) is 23.7 Å². The summed E-state index contributed by atoms with van der Waals surface area (Å²) in [6, 6.07) is 10.5. The molecule has 2 aromatic carbocycles. The van der Waals surface area contributed by atoms with Gasteiger partial charge in [0.2, 0.25) is 21.7 Å². The van der Waals surface area contributed by atoms with E-state index in [-0.39, 0.29) is 16.5 Å². The first-order chi connectivity index (χ1) is 15.7. The molecule has 0 unspecified atom stereocenters. The molecule has 33 heavy (non-hydrogen) atoms. The van der Waals surface area contributed by atoms with E-state index in [1.807, 2.05) is 0 Å². The summed E-state index contributed by atoms with van der Waals surface area (Å²) in [6.45, 7) is 4.21. The fourth-order valence-corrected chi connectivity index (χ4v) is 4.81. The lowest BCUT2D eigenvalue weighted by Crippen LogP contribution is -2.30. The van der Waals surface area contributed by atoms with E-state index < -0.39 is 20.6 Å². The molecule has 0 bridgehead atoms. The van der Waals surface area contributed by atoms with Crippen molar-refractivity contribution in [2.45, 2.75) is 18.7 Å². The molecular weight excluding hydrogens is 491 g/mol. The van der Waals surface area contributed by atoms with Crippen molar-refractivity contribution in [3.63, 3.8) is 0 Å². The molecule has 0 saturated heterocycles. The molecule has 10 nitrogen and oxygen atoms in total. The second-order valence-electron chi connectivity index (χ2n) is 6.66. The number of hydrogen-bond acceptors (Lipinski definition) is 8. The molecule has 0 radical (unpaired) electrons. The van der Waals surface area contributed by atoms with Crippen LogP contribution in [0.15, 0.2) is 53.7 Å². The van der Waals surface area contributed by atoms with Gasteiger partial charge in [-0.15, -0.1) is 0 Å². The van der Waals surface area contributed by atoms with Gasteiger partial charge in [-0.1, -0.05) is 37.0 Å². The van der Waals surface area contributed by atoms with Crippen molar-refractivity contribution in [1.29, 1.82) is 0 Å². The highest BCUT2D eigenvalue weighted by molar-refractivity contribution is 7.89. The Balaban J connectivity index is 1.92. The van der Waals surface area contributed by atoms with Crippen molar-refractivity contribution in [2.24, 2.45) is 0 Å². The first-order valence-electron chi connectivity index (χ1n) is 9.76. The highest BCUT2D eigenvalue weighted by atomic mass is 35.5. The van der Waals surface area contributed by atoms with Gasteiger partial charge in [-0.05, 0) is 42.5 Å². The zero-order valence-electron chi connectivity index (χ0n) is 17.6. The molecule has 0 spiro atoms. The van der Waals surface area contributed by atoms with Crippen LogP contribution in [0.5, 0.6) is 0 Å². The van der Waals surface area contributed by atoms with Gasteiger partial charge in [0.15, 0.2) is 0 Å². The van der Waals surface area contributed by atoms with E-state index in [2.05, 4.69) is 20.6 Å². The number of anilines is 4. The van der Waals surface area contributed by atoms with Crippen LogP contribution in [0.3, 0.4) is 0 Å². The molecule has 13 heteroatoms. The SMILES string of the molecule is CCN(CC)S(=O)(=O)c1ccc(Nc2ncnc(Nc3cc(Cl)ccc3Cl)c2[N+](=O)[O-])cc1. The first kappa shape index (κ1) is 24.6. The van der Waals surface area contributed by atoms with Crippen LogP contribution in [0.2, 0.25) is 10.0 Å². The van der Waals surface area contributed by atoms with Crippen molar-refractivity contribution in [3.8, 4) is 0 Å². The standard InChI is InChI=1S/C20H20Cl2N6O4S/c1-3-27(4-2)33(31,32)15-8-6-14(7-9-15)25-19-18(28(29)30)20(24-12-23-19)26-17-11-13(21)5-10-16(17)22/h5-12H,3-4H2,1-2H3,(H2,23,24,25,26). The summed E-state index contributed by atoms with van der Waals surface area (Å²) in [5.41, 5.74) is 0.318. The zero-order chi connectivity index (χ0) is 24.2. The number of nitro groups is 1. The monoisotopic (exact) mass is 510 g/mol. The number of aromatic nitrogens is 2. The van der Waals surface area contributed by atoms with Crippen LogP contribution in [0, 0.1) is 10.1 Å². The predicted octanol–water partition coefficient (Wildman–Crippen LogP) is 5.21. The topological polar surface area (TPSA) is 130 Å². The molecule has 0 aliphatic heterocycles. The molecule has 0 aliphatic carbocycles. The molecule has 174 valence electrons. The number of rotatable bonds is 9. The van der Waals surface area contributed by atoms with Crippen LogP contribution in [0.4, 0.5) is 28.7 Å². The minimum absolute atomic E-state index is 0.0880. The number of hydrogen-bond donors (Lipinski definition) is 2. The Morgan fingerprint density at radius 2 is 1.61 bits per heavy atom. The molecule has 0 saturated carbocycles. The molecule has 1 heterocycles. The summed E-state index contributed by atoms with van der Waals surface area (Å²) in [7, 11) is -3.62. The quantitative estimate of drug-likeness (QED) is 0.296. The van der Waals surface area contributed by atoms with E-state index in [1.54, 1.807) is 26.0 Å². The number of halogens is 2. The fraction of sp³-hybridized carbons (Fsp3) is 0.200. The molecule has 3 rings (SSSR count). The van der Waals surface area contributed by atoms with Gasteiger partial charge in [0.1, 0.15) is 6.33 Å². The van der Waals surface area contributed by atoms with Gasteiger partial charge >= 0.3 is 5.69 Å². The van der Waals surface area contributed by atoms with Gasteiger partial charge < -0.3 is 10.6 Å². The molecule has 0 amide bonds. The van der Waals surface area contributed by atoms with Crippen molar-refractivity contribution in [1.82, 2.24) is 14.3 Å². The Bertz CT molecular complexity index is 1270. The molecule has 0 fully saturated rings. The van der Waals surface area contributed by atoms with Crippen LogP contribution >= 0.6 is 23.2 Å². The summed E-state index contributed by atoms with van der Waals surface area (Å²) in [4.78, 5) is 19.2. The van der Waals surface area contributed by atoms with E-state index >= 15 is 0 Å². The summed E-state index contributed by atoms with van der Waals surface area (Å²) < 4.78 is 26.6. The number of sulfonamides is 1. The minimum Gasteiger partial charge on any atom is -0.334 e. The predicted molar refractivity (Wildman–Crippen MR) is 128 cm³/mol. The largest absolute Gasteiger partial charge is 0.353 e. The Labute approximate surface area is 200 Å². The van der Waals surface area contributed by atoms with Gasteiger partial charge in [-0.25, -0.2) is 18.4 Å². The lowest BCUT2D eigenvalue weighted by atomic mass is 10.3. The van der Waals surface area contributed by atoms with Crippen LogP contribution in [-0.4, -0.2) is 40.7 Å².